The molecule has 1 amide bonds. The van der Waals surface area contributed by atoms with E-state index in [0.717, 1.165) is 23.6 Å². The van der Waals surface area contributed by atoms with Crippen LogP contribution in [0.3, 0.4) is 0 Å². The van der Waals surface area contributed by atoms with Crippen molar-refractivity contribution in [1.29, 1.82) is 0 Å². The minimum atomic E-state index is -4.38. The molecule has 0 fully saturated rings. The zero-order chi connectivity index (χ0) is 20.0. The van der Waals surface area contributed by atoms with Crippen LogP contribution in [-0.2, 0) is 17.4 Å². The van der Waals surface area contributed by atoms with E-state index in [2.05, 4.69) is 20.6 Å². The summed E-state index contributed by atoms with van der Waals surface area (Å²) in [4.78, 5) is 22.4. The van der Waals surface area contributed by atoms with Crippen molar-refractivity contribution in [3.05, 3.63) is 47.2 Å². The Morgan fingerprint density at radius 1 is 1.11 bits per heavy atom. The highest BCUT2D eigenvalue weighted by molar-refractivity contribution is 5.78. The summed E-state index contributed by atoms with van der Waals surface area (Å²) in [6.45, 7) is 2.63. The topological polar surface area (TPSA) is 70.2 Å². The SMILES string of the molecule is Cc1cc(N(C)C)nc(NCCNC(=O)Cc2ccc(C(F)(F)F)cc2)n1. The summed E-state index contributed by atoms with van der Waals surface area (Å²) < 4.78 is 37.6. The lowest BCUT2D eigenvalue weighted by molar-refractivity contribution is -0.137. The van der Waals surface area contributed by atoms with Gasteiger partial charge in [0.1, 0.15) is 5.82 Å². The summed E-state index contributed by atoms with van der Waals surface area (Å²) in [5.74, 6) is 0.975. The Balaban J connectivity index is 1.78. The first-order valence-electron chi connectivity index (χ1n) is 8.35. The van der Waals surface area contributed by atoms with E-state index in [1.54, 1.807) is 0 Å². The highest BCUT2D eigenvalue weighted by Gasteiger charge is 2.29. The number of anilines is 2. The smallest absolute Gasteiger partial charge is 0.363 e. The van der Waals surface area contributed by atoms with Gasteiger partial charge in [-0.05, 0) is 24.6 Å². The van der Waals surface area contributed by atoms with E-state index >= 15 is 0 Å². The molecular weight excluding hydrogens is 359 g/mol. The third-order valence-electron chi connectivity index (χ3n) is 3.68. The van der Waals surface area contributed by atoms with Crippen LogP contribution in [-0.4, -0.2) is 43.1 Å². The predicted octanol–water partition coefficient (Wildman–Crippen LogP) is 2.64. The molecule has 2 N–H and O–H groups in total. The number of benzene rings is 1. The largest absolute Gasteiger partial charge is 0.416 e. The maximum absolute atomic E-state index is 12.5. The van der Waals surface area contributed by atoms with Gasteiger partial charge in [-0.15, -0.1) is 0 Å². The first-order chi connectivity index (χ1) is 12.6. The van der Waals surface area contributed by atoms with Crippen molar-refractivity contribution in [2.75, 3.05) is 37.4 Å². The van der Waals surface area contributed by atoms with Crippen LogP contribution in [0.4, 0.5) is 24.9 Å². The van der Waals surface area contributed by atoms with Crippen molar-refractivity contribution in [3.63, 3.8) is 0 Å². The van der Waals surface area contributed by atoms with Crippen LogP contribution in [0.25, 0.3) is 0 Å². The molecule has 0 unspecified atom stereocenters. The van der Waals surface area contributed by atoms with Crippen LogP contribution >= 0.6 is 0 Å². The molecule has 0 aliphatic heterocycles. The molecule has 1 aromatic carbocycles. The van der Waals surface area contributed by atoms with Crippen molar-refractivity contribution < 1.29 is 18.0 Å². The molecule has 0 radical (unpaired) electrons. The monoisotopic (exact) mass is 381 g/mol. The molecule has 0 aliphatic carbocycles. The molecule has 2 rings (SSSR count). The summed E-state index contributed by atoms with van der Waals surface area (Å²) >= 11 is 0. The zero-order valence-corrected chi connectivity index (χ0v) is 15.4. The normalized spacial score (nSPS) is 11.2. The summed E-state index contributed by atoms with van der Waals surface area (Å²) in [5, 5.41) is 5.74. The molecule has 6 nitrogen and oxygen atoms in total. The number of nitrogens with one attached hydrogen (secondary N) is 2. The van der Waals surface area contributed by atoms with Gasteiger partial charge in [-0.2, -0.15) is 18.2 Å². The van der Waals surface area contributed by atoms with E-state index in [4.69, 9.17) is 0 Å². The molecule has 9 heteroatoms. The number of carbonyl (C=O) groups excluding carboxylic acids is 1. The van der Waals surface area contributed by atoms with E-state index in [-0.39, 0.29) is 12.3 Å². The van der Waals surface area contributed by atoms with Crippen molar-refractivity contribution in [1.82, 2.24) is 15.3 Å². The Hall–Kier alpha value is -2.84. The number of hydrogen-bond donors (Lipinski definition) is 2. The minimum absolute atomic E-state index is 0.0177. The van der Waals surface area contributed by atoms with Gasteiger partial charge in [0.15, 0.2) is 0 Å². The number of hydrogen-bond acceptors (Lipinski definition) is 5. The van der Waals surface area contributed by atoms with Crippen LogP contribution < -0.4 is 15.5 Å². The maximum Gasteiger partial charge on any atom is 0.416 e. The summed E-state index contributed by atoms with van der Waals surface area (Å²) in [6.07, 6.45) is -4.36. The van der Waals surface area contributed by atoms with Gasteiger partial charge in [-0.1, -0.05) is 12.1 Å². The molecule has 1 heterocycles. The Morgan fingerprint density at radius 3 is 2.37 bits per heavy atom. The third-order valence-corrected chi connectivity index (χ3v) is 3.68. The molecule has 0 aliphatic rings. The number of halogens is 3. The van der Waals surface area contributed by atoms with Gasteiger partial charge in [-0.25, -0.2) is 4.98 Å². The Kier molecular flexibility index (Phi) is 6.59. The fourth-order valence-corrected chi connectivity index (χ4v) is 2.30. The molecule has 0 saturated heterocycles. The number of amides is 1. The lowest BCUT2D eigenvalue weighted by Crippen LogP contribution is -2.30. The molecule has 0 atom stereocenters. The van der Waals surface area contributed by atoms with E-state index < -0.39 is 11.7 Å². The Labute approximate surface area is 155 Å². The van der Waals surface area contributed by atoms with Gasteiger partial charge in [0.2, 0.25) is 11.9 Å². The van der Waals surface area contributed by atoms with E-state index in [0.29, 0.717) is 24.6 Å². The summed E-state index contributed by atoms with van der Waals surface area (Å²) in [5.41, 5.74) is 0.611. The van der Waals surface area contributed by atoms with Crippen molar-refractivity contribution in [3.8, 4) is 0 Å². The van der Waals surface area contributed by atoms with Crippen LogP contribution in [0.5, 0.6) is 0 Å². The van der Waals surface area contributed by atoms with E-state index in [9.17, 15) is 18.0 Å². The molecular formula is C18H22F3N5O. The van der Waals surface area contributed by atoms with E-state index in [1.807, 2.05) is 32.0 Å². The van der Waals surface area contributed by atoms with Gasteiger partial charge in [0.05, 0.1) is 12.0 Å². The maximum atomic E-state index is 12.5. The second kappa shape index (κ2) is 8.70. The number of aryl methyl sites for hydroxylation is 1. The number of carbonyl (C=O) groups is 1. The summed E-state index contributed by atoms with van der Waals surface area (Å²) in [7, 11) is 3.76. The molecule has 146 valence electrons. The predicted molar refractivity (Wildman–Crippen MR) is 97.7 cm³/mol. The number of alkyl halides is 3. The number of rotatable bonds is 7. The van der Waals surface area contributed by atoms with Gasteiger partial charge in [0, 0.05) is 38.9 Å². The van der Waals surface area contributed by atoms with Gasteiger partial charge in [0.25, 0.3) is 0 Å². The van der Waals surface area contributed by atoms with Gasteiger partial charge < -0.3 is 15.5 Å². The quantitative estimate of drug-likeness (QED) is 0.722. The molecule has 0 spiro atoms. The summed E-state index contributed by atoms with van der Waals surface area (Å²) in [6, 6.07) is 6.42. The minimum Gasteiger partial charge on any atom is -0.363 e. The molecule has 0 saturated carbocycles. The van der Waals surface area contributed by atoms with Crippen molar-refractivity contribution in [2.24, 2.45) is 0 Å². The molecule has 27 heavy (non-hydrogen) atoms. The average Bonchev–Trinajstić information content (AvgIpc) is 2.58. The zero-order valence-electron chi connectivity index (χ0n) is 15.4. The van der Waals surface area contributed by atoms with Crippen molar-refractivity contribution >= 4 is 17.7 Å². The molecule has 0 bridgehead atoms. The van der Waals surface area contributed by atoms with Crippen LogP contribution in [0.15, 0.2) is 30.3 Å². The Morgan fingerprint density at radius 2 is 1.78 bits per heavy atom. The van der Waals surface area contributed by atoms with Gasteiger partial charge >= 0.3 is 6.18 Å². The lowest BCUT2D eigenvalue weighted by atomic mass is 10.1. The van der Waals surface area contributed by atoms with Crippen LogP contribution in [0, 0.1) is 6.92 Å². The second-order valence-electron chi connectivity index (χ2n) is 6.23. The highest BCUT2D eigenvalue weighted by Crippen LogP contribution is 2.29. The lowest BCUT2D eigenvalue weighted by Gasteiger charge is -2.14. The first-order valence-corrected chi connectivity index (χ1v) is 8.35. The number of nitrogens with zero attached hydrogens (tertiary/aromatic N) is 3. The molecule has 1 aromatic heterocycles. The fraction of sp³-hybridized carbons (Fsp3) is 0.389. The second-order valence-corrected chi connectivity index (χ2v) is 6.23. The van der Waals surface area contributed by atoms with Crippen molar-refractivity contribution in [2.45, 2.75) is 19.5 Å². The Bertz CT molecular complexity index is 776. The van der Waals surface area contributed by atoms with Crippen LogP contribution in [0.1, 0.15) is 16.8 Å². The highest BCUT2D eigenvalue weighted by atomic mass is 19.4. The fourth-order valence-electron chi connectivity index (χ4n) is 2.30. The average molecular weight is 381 g/mol. The van der Waals surface area contributed by atoms with Gasteiger partial charge in [-0.3, -0.25) is 4.79 Å². The van der Waals surface area contributed by atoms with E-state index in [1.165, 1.54) is 12.1 Å². The standard InChI is InChI=1S/C18H22F3N5O/c1-12-10-15(26(2)3)25-17(24-12)23-9-8-22-16(27)11-13-4-6-14(7-5-13)18(19,20)21/h4-7,10H,8-9,11H2,1-3H3,(H,22,27)(H,23,24,25). The molecule has 2 aromatic rings. The number of aromatic nitrogens is 2. The van der Waals surface area contributed by atoms with Crippen LogP contribution in [0.2, 0.25) is 0 Å². The third kappa shape index (κ3) is 6.43. The first kappa shape index (κ1) is 20.5.